The first-order chi connectivity index (χ1) is 10.3. The van der Waals surface area contributed by atoms with E-state index in [9.17, 15) is 24.1 Å². The van der Waals surface area contributed by atoms with Crippen LogP contribution in [0.4, 0.5) is 10.1 Å². The van der Waals surface area contributed by atoms with Crippen LogP contribution >= 0.6 is 23.2 Å². The molecule has 2 rings (SSSR count). The van der Waals surface area contributed by atoms with E-state index in [1.54, 1.807) is 6.07 Å². The maximum absolute atomic E-state index is 12.5. The summed E-state index contributed by atoms with van der Waals surface area (Å²) in [4.78, 5) is 30.7. The molecule has 0 unspecified atom stereocenters. The second-order valence-electron chi connectivity index (χ2n) is 3.80. The summed E-state index contributed by atoms with van der Waals surface area (Å²) in [6, 6.07) is 11.1. The van der Waals surface area contributed by atoms with Crippen molar-refractivity contribution in [2.45, 2.75) is 0 Å². The van der Waals surface area contributed by atoms with Crippen molar-refractivity contribution >= 4 is 39.4 Å². The minimum Gasteiger partial charge on any atom is -0.275 e. The Morgan fingerprint density at radius 2 is 1.36 bits per heavy atom. The van der Waals surface area contributed by atoms with Gasteiger partial charge in [-0.3, -0.25) is 19.7 Å². The second kappa shape index (κ2) is 8.21. The van der Waals surface area contributed by atoms with Gasteiger partial charge in [0.25, 0.3) is 16.2 Å². The van der Waals surface area contributed by atoms with Gasteiger partial charge in [0.15, 0.2) is 0 Å². The molecule has 0 bridgehead atoms. The van der Waals surface area contributed by atoms with E-state index >= 15 is 0 Å². The summed E-state index contributed by atoms with van der Waals surface area (Å²) in [6.45, 7) is 0. The molecule has 0 aliphatic carbocycles. The second-order valence-corrected chi connectivity index (χ2v) is 4.49. The third-order valence-electron chi connectivity index (χ3n) is 2.40. The van der Waals surface area contributed by atoms with Gasteiger partial charge in [0.2, 0.25) is 0 Å². The molecule has 2 aromatic carbocycles. The zero-order valence-corrected chi connectivity index (χ0v) is 12.3. The van der Waals surface area contributed by atoms with E-state index in [4.69, 9.17) is 23.2 Å². The molecular formula is C14H8Cl2FNO4. The predicted molar refractivity (Wildman–Crippen MR) is 79.9 cm³/mol. The Hall–Kier alpha value is -2.31. The van der Waals surface area contributed by atoms with Gasteiger partial charge in [-0.05, 0) is 41.4 Å². The Morgan fingerprint density at radius 3 is 1.73 bits per heavy atom. The lowest BCUT2D eigenvalue weighted by atomic mass is 10.2. The summed E-state index contributed by atoms with van der Waals surface area (Å²) in [5.74, 6) is -0.581. The minimum absolute atomic E-state index is 0.0795. The van der Waals surface area contributed by atoms with Crippen molar-refractivity contribution in [2.75, 3.05) is 0 Å². The Labute approximate surface area is 134 Å². The number of halogens is 3. The molecule has 0 aliphatic rings. The quantitative estimate of drug-likeness (QED) is 0.475. The van der Waals surface area contributed by atoms with Crippen LogP contribution in [0.1, 0.15) is 20.7 Å². The van der Waals surface area contributed by atoms with Gasteiger partial charge in [0, 0.05) is 6.07 Å². The number of hydrogen-bond donors (Lipinski definition) is 0. The maximum Gasteiger partial charge on any atom is 0.281 e. The fourth-order valence-electron chi connectivity index (χ4n) is 1.42. The molecule has 0 amide bonds. The number of hydrogen-bond acceptors (Lipinski definition) is 4. The molecule has 0 aromatic heterocycles. The number of para-hydroxylation sites is 1. The highest BCUT2D eigenvalue weighted by Crippen LogP contribution is 2.18. The molecule has 2 aromatic rings. The van der Waals surface area contributed by atoms with E-state index in [-0.39, 0.29) is 16.8 Å². The molecule has 0 N–H and O–H groups in total. The molecule has 8 heteroatoms. The van der Waals surface area contributed by atoms with E-state index in [0.29, 0.717) is 0 Å². The maximum atomic E-state index is 12.5. The Bertz CT molecular complexity index is 688. The standard InChI is InChI=1S/C7H4ClFO.C7H4ClNO3/c8-7(10)5-3-1-2-4-6(5)9;8-7(10)5-3-1-2-4-6(5)9(11)12/h1-4H;1-4H. The average molecular weight is 344 g/mol. The van der Waals surface area contributed by atoms with Crippen LogP contribution in [0.15, 0.2) is 48.5 Å². The summed E-state index contributed by atoms with van der Waals surface area (Å²) in [5.41, 5.74) is -0.425. The SMILES string of the molecule is O=C(Cl)c1ccccc1F.O=C(Cl)c1ccccc1[N+](=O)[O-]. The van der Waals surface area contributed by atoms with Gasteiger partial charge in [0.1, 0.15) is 11.4 Å². The minimum atomic E-state index is -0.817. The Balaban J connectivity index is 0.000000224. The van der Waals surface area contributed by atoms with Crippen molar-refractivity contribution in [2.24, 2.45) is 0 Å². The van der Waals surface area contributed by atoms with Gasteiger partial charge in [-0.1, -0.05) is 24.3 Å². The van der Waals surface area contributed by atoms with E-state index in [2.05, 4.69) is 0 Å². The molecule has 0 saturated heterocycles. The molecule has 0 fully saturated rings. The molecule has 0 radical (unpaired) electrons. The fourth-order valence-corrected chi connectivity index (χ4v) is 1.73. The normalized spacial score (nSPS) is 9.41. The topological polar surface area (TPSA) is 77.3 Å². The van der Waals surface area contributed by atoms with Crippen LogP contribution in [0, 0.1) is 15.9 Å². The van der Waals surface area contributed by atoms with E-state index < -0.39 is 21.2 Å². The number of carbonyl (C=O) groups is 2. The van der Waals surface area contributed by atoms with Gasteiger partial charge in [-0.15, -0.1) is 0 Å². The lowest BCUT2D eigenvalue weighted by molar-refractivity contribution is -0.385. The number of nitrogens with zero attached hydrogens (tertiary/aromatic N) is 1. The van der Waals surface area contributed by atoms with Crippen LogP contribution in [-0.4, -0.2) is 15.4 Å². The van der Waals surface area contributed by atoms with E-state index in [0.717, 1.165) is 0 Å². The molecule has 114 valence electrons. The molecule has 22 heavy (non-hydrogen) atoms. The van der Waals surface area contributed by atoms with Crippen molar-refractivity contribution in [1.29, 1.82) is 0 Å². The van der Waals surface area contributed by atoms with Crippen LogP contribution in [0.25, 0.3) is 0 Å². The fraction of sp³-hybridized carbons (Fsp3) is 0. The lowest BCUT2D eigenvalue weighted by Crippen LogP contribution is -1.97. The Kier molecular flexibility index (Phi) is 6.62. The van der Waals surface area contributed by atoms with Crippen molar-refractivity contribution in [3.8, 4) is 0 Å². The highest BCUT2D eigenvalue weighted by atomic mass is 35.5. The van der Waals surface area contributed by atoms with E-state index in [1.165, 1.54) is 42.5 Å². The third-order valence-corrected chi connectivity index (χ3v) is 2.81. The van der Waals surface area contributed by atoms with E-state index in [1.807, 2.05) is 0 Å². The number of nitro groups is 1. The molecular weight excluding hydrogens is 336 g/mol. The number of carbonyl (C=O) groups excluding carboxylic acids is 2. The van der Waals surface area contributed by atoms with Crippen LogP contribution < -0.4 is 0 Å². The lowest BCUT2D eigenvalue weighted by Gasteiger charge is -1.94. The summed E-state index contributed by atoms with van der Waals surface area (Å²) in [6.07, 6.45) is 0. The number of nitro benzene ring substituents is 1. The van der Waals surface area contributed by atoms with Gasteiger partial charge in [0.05, 0.1) is 10.5 Å². The Morgan fingerprint density at radius 1 is 0.909 bits per heavy atom. The summed E-state index contributed by atoms with van der Waals surface area (Å²) in [7, 11) is 0. The predicted octanol–water partition coefficient (Wildman–Crippen LogP) is 4.18. The molecule has 0 atom stereocenters. The van der Waals surface area contributed by atoms with Crippen LogP contribution in [0.2, 0.25) is 0 Å². The monoisotopic (exact) mass is 343 g/mol. The average Bonchev–Trinajstić information content (AvgIpc) is 2.48. The van der Waals surface area contributed by atoms with Gasteiger partial charge in [-0.2, -0.15) is 0 Å². The zero-order chi connectivity index (χ0) is 16.7. The first-order valence-corrected chi connectivity index (χ1v) is 6.47. The zero-order valence-electron chi connectivity index (χ0n) is 10.8. The summed E-state index contributed by atoms with van der Waals surface area (Å²) in [5, 5.41) is 8.74. The van der Waals surface area contributed by atoms with Crippen LogP contribution in [0.3, 0.4) is 0 Å². The van der Waals surface area contributed by atoms with Gasteiger partial charge >= 0.3 is 0 Å². The highest BCUT2D eigenvalue weighted by Gasteiger charge is 2.16. The highest BCUT2D eigenvalue weighted by molar-refractivity contribution is 6.68. The van der Waals surface area contributed by atoms with Crippen molar-refractivity contribution in [1.82, 2.24) is 0 Å². The van der Waals surface area contributed by atoms with Crippen molar-refractivity contribution in [3.63, 3.8) is 0 Å². The molecule has 0 saturated carbocycles. The third kappa shape index (κ3) is 4.91. The number of benzene rings is 2. The smallest absolute Gasteiger partial charge is 0.275 e. The van der Waals surface area contributed by atoms with Gasteiger partial charge < -0.3 is 0 Å². The molecule has 0 spiro atoms. The summed E-state index contributed by atoms with van der Waals surface area (Å²) < 4.78 is 12.5. The van der Waals surface area contributed by atoms with Crippen molar-refractivity contribution in [3.05, 3.63) is 75.6 Å². The first kappa shape index (κ1) is 17.7. The summed E-state index contributed by atoms with van der Waals surface area (Å²) >= 11 is 10.1. The van der Waals surface area contributed by atoms with Gasteiger partial charge in [-0.25, -0.2) is 4.39 Å². The largest absolute Gasteiger partial charge is 0.281 e. The van der Waals surface area contributed by atoms with Crippen molar-refractivity contribution < 1.29 is 18.9 Å². The molecule has 0 heterocycles. The van der Waals surface area contributed by atoms with Crippen LogP contribution in [-0.2, 0) is 0 Å². The first-order valence-electron chi connectivity index (χ1n) is 5.72. The number of rotatable bonds is 3. The van der Waals surface area contributed by atoms with Crippen LogP contribution in [0.5, 0.6) is 0 Å². The molecule has 5 nitrogen and oxygen atoms in total. The molecule has 0 aliphatic heterocycles.